The van der Waals surface area contributed by atoms with Crippen molar-refractivity contribution in [3.8, 4) is 0 Å². The Bertz CT molecular complexity index is 579. The number of hydrogen-bond acceptors (Lipinski definition) is 2. The van der Waals surface area contributed by atoms with Crippen LogP contribution in [0.4, 0.5) is 11.4 Å². The Kier molecular flexibility index (Phi) is 1.68. The molecule has 2 heterocycles. The first-order valence-electron chi connectivity index (χ1n) is 5.04. The van der Waals surface area contributed by atoms with E-state index in [-0.39, 0.29) is 0 Å². The second-order valence-electron chi connectivity index (χ2n) is 3.76. The van der Waals surface area contributed by atoms with E-state index in [9.17, 15) is 0 Å². The summed E-state index contributed by atoms with van der Waals surface area (Å²) < 4.78 is 0. The molecule has 0 fully saturated rings. The van der Waals surface area contributed by atoms with Crippen molar-refractivity contribution >= 4 is 23.5 Å². The summed E-state index contributed by atoms with van der Waals surface area (Å²) in [6, 6.07) is 4.31. The fourth-order valence-electron chi connectivity index (χ4n) is 2.06. The average Bonchev–Trinajstić information content (AvgIpc) is 2.29. The Balaban J connectivity index is 2.40. The van der Waals surface area contributed by atoms with Gasteiger partial charge < -0.3 is 10.2 Å². The zero-order chi connectivity index (χ0) is 10.3. The molecule has 0 unspecified atom stereocenters. The van der Waals surface area contributed by atoms with Crippen LogP contribution in [0.1, 0.15) is 0 Å². The summed E-state index contributed by atoms with van der Waals surface area (Å²) >= 11 is 0. The summed E-state index contributed by atoms with van der Waals surface area (Å²) in [7, 11) is 2.07. The van der Waals surface area contributed by atoms with Crippen LogP contribution in [0.15, 0.2) is 36.7 Å². The van der Waals surface area contributed by atoms with E-state index >= 15 is 0 Å². The lowest BCUT2D eigenvalue weighted by atomic mass is 10.1. The van der Waals surface area contributed by atoms with Crippen molar-refractivity contribution < 1.29 is 0 Å². The molecule has 0 spiro atoms. The van der Waals surface area contributed by atoms with Crippen molar-refractivity contribution in [3.63, 3.8) is 0 Å². The van der Waals surface area contributed by atoms with E-state index in [0.29, 0.717) is 0 Å². The first-order valence-corrected chi connectivity index (χ1v) is 5.04. The van der Waals surface area contributed by atoms with Crippen molar-refractivity contribution in [2.24, 2.45) is 0 Å². The van der Waals surface area contributed by atoms with Crippen LogP contribution in [0, 0.1) is 0 Å². The van der Waals surface area contributed by atoms with E-state index in [1.54, 1.807) is 0 Å². The van der Waals surface area contributed by atoms with Crippen LogP contribution in [0.5, 0.6) is 0 Å². The Labute approximate surface area is 88.5 Å². The second kappa shape index (κ2) is 3.02. The van der Waals surface area contributed by atoms with Gasteiger partial charge in [0.05, 0.1) is 11.4 Å². The molecule has 15 heavy (non-hydrogen) atoms. The topological polar surface area (TPSA) is 15.3 Å². The van der Waals surface area contributed by atoms with Crippen molar-refractivity contribution in [2.45, 2.75) is 0 Å². The molecule has 0 aromatic heterocycles. The van der Waals surface area contributed by atoms with Gasteiger partial charge in [0.25, 0.3) is 0 Å². The third-order valence-corrected chi connectivity index (χ3v) is 2.78. The van der Waals surface area contributed by atoms with Gasteiger partial charge in [0.1, 0.15) is 0 Å². The molecule has 3 rings (SSSR count). The molecule has 0 saturated heterocycles. The minimum atomic E-state index is 1.19. The quantitative estimate of drug-likeness (QED) is 0.669. The smallest absolute Gasteiger partial charge is 0.0722 e. The van der Waals surface area contributed by atoms with Crippen LogP contribution in [0.3, 0.4) is 0 Å². The molecule has 0 bridgehead atoms. The highest BCUT2D eigenvalue weighted by atomic mass is 15.1. The van der Waals surface area contributed by atoms with Crippen LogP contribution in [0.2, 0.25) is 0 Å². The minimum Gasteiger partial charge on any atom is -0.359 e. The van der Waals surface area contributed by atoms with Crippen LogP contribution < -0.4 is 20.7 Å². The molecule has 0 radical (unpaired) electrons. The lowest BCUT2D eigenvalue weighted by molar-refractivity contribution is 1.18. The summed E-state index contributed by atoms with van der Waals surface area (Å²) in [5.74, 6) is 0. The van der Waals surface area contributed by atoms with Gasteiger partial charge in [0.15, 0.2) is 0 Å². The predicted molar refractivity (Wildman–Crippen MR) is 64.9 cm³/mol. The van der Waals surface area contributed by atoms with Crippen LogP contribution in [-0.2, 0) is 0 Å². The summed E-state index contributed by atoms with van der Waals surface area (Å²) in [6.45, 7) is 0. The Morgan fingerprint density at radius 2 is 1.87 bits per heavy atom. The van der Waals surface area contributed by atoms with Crippen LogP contribution in [-0.4, -0.2) is 7.05 Å². The number of hydrogen-bond donors (Lipinski definition) is 1. The van der Waals surface area contributed by atoms with Gasteiger partial charge in [-0.05, 0) is 12.2 Å². The normalized spacial score (nSPS) is 15.9. The minimum absolute atomic E-state index is 1.19. The Hall–Kier alpha value is -1.96. The standard InChI is InChI=1S/C13H12N2/c1-15-9-3-5-11-7-6-10-4-2-8-14-12(10)13(11)15/h2-9,14H,1H3. The molecule has 2 aliphatic rings. The lowest BCUT2D eigenvalue weighted by Crippen LogP contribution is -2.27. The third-order valence-electron chi connectivity index (χ3n) is 2.78. The molecule has 1 N–H and O–H groups in total. The van der Waals surface area contributed by atoms with E-state index < -0.39 is 0 Å². The van der Waals surface area contributed by atoms with Crippen molar-refractivity contribution in [1.29, 1.82) is 0 Å². The highest BCUT2D eigenvalue weighted by molar-refractivity contribution is 5.79. The molecule has 0 aliphatic carbocycles. The summed E-state index contributed by atoms with van der Waals surface area (Å²) in [6.07, 6.45) is 12.4. The SMILES string of the molecule is CN1C=CC=c2ccc3c(c21)NC=CC=3. The molecule has 2 nitrogen and oxygen atoms in total. The van der Waals surface area contributed by atoms with Gasteiger partial charge in [0, 0.05) is 29.9 Å². The molecule has 0 amide bonds. The molecule has 74 valence electrons. The second-order valence-corrected chi connectivity index (χ2v) is 3.76. The summed E-state index contributed by atoms with van der Waals surface area (Å²) in [5.41, 5.74) is 2.44. The fraction of sp³-hybridized carbons (Fsp3) is 0.0769. The van der Waals surface area contributed by atoms with Crippen molar-refractivity contribution in [2.75, 3.05) is 17.3 Å². The largest absolute Gasteiger partial charge is 0.359 e. The van der Waals surface area contributed by atoms with Crippen LogP contribution >= 0.6 is 0 Å². The maximum absolute atomic E-state index is 3.31. The number of anilines is 2. The van der Waals surface area contributed by atoms with Gasteiger partial charge in [-0.25, -0.2) is 0 Å². The van der Waals surface area contributed by atoms with Crippen molar-refractivity contribution in [1.82, 2.24) is 0 Å². The first kappa shape index (κ1) is 8.36. The fourth-order valence-corrected chi connectivity index (χ4v) is 2.06. The molecule has 1 aromatic carbocycles. The van der Waals surface area contributed by atoms with Gasteiger partial charge in [-0.1, -0.05) is 24.3 Å². The Morgan fingerprint density at radius 1 is 1.07 bits per heavy atom. The van der Waals surface area contributed by atoms with Crippen molar-refractivity contribution in [3.05, 3.63) is 47.1 Å². The van der Waals surface area contributed by atoms with Gasteiger partial charge >= 0.3 is 0 Å². The first-order chi connectivity index (χ1) is 7.36. The number of allylic oxidation sites excluding steroid dienone is 2. The summed E-state index contributed by atoms with van der Waals surface area (Å²) in [5, 5.41) is 5.82. The number of rotatable bonds is 0. The van der Waals surface area contributed by atoms with E-state index in [4.69, 9.17) is 0 Å². The highest BCUT2D eigenvalue weighted by Gasteiger charge is 2.10. The molecule has 0 saturated carbocycles. The molecule has 0 atom stereocenters. The number of nitrogens with one attached hydrogen (secondary N) is 1. The number of fused-ring (bicyclic) bond motifs is 3. The lowest BCUT2D eigenvalue weighted by Gasteiger charge is -2.22. The van der Waals surface area contributed by atoms with E-state index in [2.05, 4.69) is 53.8 Å². The van der Waals surface area contributed by atoms with Gasteiger partial charge in [-0.15, -0.1) is 0 Å². The zero-order valence-electron chi connectivity index (χ0n) is 8.57. The van der Waals surface area contributed by atoms with Gasteiger partial charge in [-0.3, -0.25) is 0 Å². The Morgan fingerprint density at radius 3 is 2.80 bits per heavy atom. The van der Waals surface area contributed by atoms with E-state index in [1.165, 1.54) is 21.8 Å². The maximum atomic E-state index is 3.31. The van der Waals surface area contributed by atoms with Crippen LogP contribution in [0.25, 0.3) is 12.2 Å². The summed E-state index contributed by atoms with van der Waals surface area (Å²) in [4.78, 5) is 2.15. The third kappa shape index (κ3) is 1.18. The zero-order valence-corrected chi connectivity index (χ0v) is 8.57. The number of benzene rings is 1. The average molecular weight is 196 g/mol. The highest BCUT2D eigenvalue weighted by Crippen LogP contribution is 2.20. The predicted octanol–water partition coefficient (Wildman–Crippen LogP) is 1.15. The van der Waals surface area contributed by atoms with Gasteiger partial charge in [0.2, 0.25) is 0 Å². The molecule has 1 aromatic rings. The molecule has 2 aliphatic heterocycles. The molecular weight excluding hydrogens is 184 g/mol. The van der Waals surface area contributed by atoms with Gasteiger partial charge in [-0.2, -0.15) is 0 Å². The maximum Gasteiger partial charge on any atom is 0.0722 e. The molecular formula is C13H12N2. The van der Waals surface area contributed by atoms with E-state index in [1.807, 2.05) is 12.3 Å². The van der Waals surface area contributed by atoms with E-state index in [0.717, 1.165) is 0 Å². The monoisotopic (exact) mass is 196 g/mol. The molecule has 2 heteroatoms. The number of nitrogens with zero attached hydrogens (tertiary/aromatic N) is 1.